The smallest absolute Gasteiger partial charge is 0.270 e. The molecule has 2 heterocycles. The summed E-state index contributed by atoms with van der Waals surface area (Å²) in [5, 5.41) is 12.7. The van der Waals surface area contributed by atoms with E-state index in [1.807, 2.05) is 0 Å². The molecule has 1 saturated heterocycles. The first-order valence-corrected chi connectivity index (χ1v) is 9.16. The van der Waals surface area contributed by atoms with E-state index < -0.39 is 6.10 Å². The second kappa shape index (κ2) is 10.4. The number of unbranched alkanes of at least 4 members (excludes halogenated alkanes) is 2. The van der Waals surface area contributed by atoms with Crippen molar-refractivity contribution in [3.63, 3.8) is 0 Å². The molecule has 1 aliphatic rings. The highest BCUT2D eigenvalue weighted by Crippen LogP contribution is 2.26. The molecule has 2 N–H and O–H groups in total. The van der Waals surface area contributed by atoms with Crippen molar-refractivity contribution in [3.05, 3.63) is 0 Å². The van der Waals surface area contributed by atoms with Gasteiger partial charge in [0.05, 0.1) is 24.9 Å². The average Bonchev–Trinajstić information content (AvgIpc) is 3.08. The van der Waals surface area contributed by atoms with Gasteiger partial charge in [0.1, 0.15) is 12.7 Å². The average molecular weight is 358 g/mol. The van der Waals surface area contributed by atoms with Crippen molar-refractivity contribution >= 4 is 23.5 Å². The Balaban J connectivity index is 1.69. The fourth-order valence-electron chi connectivity index (χ4n) is 2.32. The summed E-state index contributed by atoms with van der Waals surface area (Å²) in [5.74, 6) is 1.08. The van der Waals surface area contributed by atoms with E-state index >= 15 is 0 Å². The number of ether oxygens (including phenoxy) is 2. The van der Waals surface area contributed by atoms with Crippen molar-refractivity contribution in [1.82, 2.24) is 14.1 Å². The van der Waals surface area contributed by atoms with E-state index in [2.05, 4.69) is 25.9 Å². The first-order valence-electron chi connectivity index (χ1n) is 8.43. The van der Waals surface area contributed by atoms with Crippen molar-refractivity contribution in [2.75, 3.05) is 44.4 Å². The third-order valence-electron chi connectivity index (χ3n) is 3.71. The van der Waals surface area contributed by atoms with E-state index in [1.54, 1.807) is 0 Å². The molecule has 0 spiro atoms. The summed E-state index contributed by atoms with van der Waals surface area (Å²) >= 11 is 1.08. The Morgan fingerprint density at radius 3 is 2.96 bits per heavy atom. The number of anilines is 1. The predicted octanol–water partition coefficient (Wildman–Crippen LogP) is 0.811. The molecule has 1 aromatic rings. The van der Waals surface area contributed by atoms with Crippen molar-refractivity contribution in [2.45, 2.75) is 38.7 Å². The van der Waals surface area contributed by atoms with Gasteiger partial charge < -0.3 is 24.8 Å². The van der Waals surface area contributed by atoms with Crippen LogP contribution in [0.25, 0.3) is 0 Å². The fourth-order valence-corrected chi connectivity index (χ4v) is 2.84. The van der Waals surface area contributed by atoms with Crippen LogP contribution in [0.2, 0.25) is 0 Å². The van der Waals surface area contributed by atoms with Gasteiger partial charge in [0.2, 0.25) is 11.7 Å². The number of hydrogen-bond acceptors (Lipinski definition) is 8. The molecule has 1 amide bonds. The van der Waals surface area contributed by atoms with Gasteiger partial charge in [0.15, 0.2) is 0 Å². The number of carbonyl (C=O) groups excluding carboxylic acids is 1. The number of aromatic nitrogens is 2. The van der Waals surface area contributed by atoms with Gasteiger partial charge in [-0.1, -0.05) is 19.8 Å². The van der Waals surface area contributed by atoms with Crippen LogP contribution in [0.15, 0.2) is 0 Å². The molecule has 2 rings (SSSR count). The second-order valence-electron chi connectivity index (χ2n) is 5.72. The number of amides is 1. The maximum absolute atomic E-state index is 11.6. The summed E-state index contributed by atoms with van der Waals surface area (Å²) in [6.07, 6.45) is 2.72. The minimum absolute atomic E-state index is 0.0353. The van der Waals surface area contributed by atoms with Crippen molar-refractivity contribution < 1.29 is 19.4 Å². The number of nitrogens with zero attached hydrogens (tertiary/aromatic N) is 3. The molecule has 1 fully saturated rings. The lowest BCUT2D eigenvalue weighted by Crippen LogP contribution is -2.37. The van der Waals surface area contributed by atoms with Crippen LogP contribution in [0.4, 0.5) is 5.82 Å². The summed E-state index contributed by atoms with van der Waals surface area (Å²) < 4.78 is 19.3. The molecule has 9 heteroatoms. The van der Waals surface area contributed by atoms with Gasteiger partial charge in [0.25, 0.3) is 5.88 Å². The number of nitrogens with one attached hydrogen (secondary N) is 1. The molecule has 0 bridgehead atoms. The molecule has 136 valence electrons. The SMILES string of the molecule is CCCCCC(=O)NC[C@H](O)COc1nsnc1N1CCOCC1. The van der Waals surface area contributed by atoms with Crippen LogP contribution < -0.4 is 15.0 Å². The van der Waals surface area contributed by atoms with Gasteiger partial charge in [-0.05, 0) is 6.42 Å². The number of carbonyl (C=O) groups is 1. The number of aliphatic hydroxyl groups is 1. The number of rotatable bonds is 10. The molecular weight excluding hydrogens is 332 g/mol. The zero-order chi connectivity index (χ0) is 17.2. The Hall–Kier alpha value is -1.45. The van der Waals surface area contributed by atoms with Crippen LogP contribution in [0.5, 0.6) is 5.88 Å². The highest BCUT2D eigenvalue weighted by molar-refractivity contribution is 6.99. The lowest BCUT2D eigenvalue weighted by Gasteiger charge is -2.26. The van der Waals surface area contributed by atoms with E-state index in [0.29, 0.717) is 31.3 Å². The third kappa shape index (κ3) is 6.21. The molecule has 24 heavy (non-hydrogen) atoms. The van der Waals surface area contributed by atoms with Crippen molar-refractivity contribution in [3.8, 4) is 5.88 Å². The molecule has 0 aliphatic carbocycles. The van der Waals surface area contributed by atoms with Gasteiger partial charge in [-0.25, -0.2) is 0 Å². The first kappa shape index (κ1) is 18.9. The summed E-state index contributed by atoms with van der Waals surface area (Å²) in [6, 6.07) is 0. The lowest BCUT2D eigenvalue weighted by molar-refractivity contribution is -0.121. The van der Waals surface area contributed by atoms with Crippen LogP contribution in [0.3, 0.4) is 0 Å². The molecule has 1 atom stereocenters. The highest BCUT2D eigenvalue weighted by atomic mass is 32.1. The Bertz CT molecular complexity index is 494. The molecule has 1 aromatic heterocycles. The summed E-state index contributed by atoms with van der Waals surface area (Å²) in [5.41, 5.74) is 0. The van der Waals surface area contributed by atoms with Gasteiger partial charge in [-0.3, -0.25) is 4.79 Å². The van der Waals surface area contributed by atoms with Gasteiger partial charge >= 0.3 is 0 Å². The zero-order valence-electron chi connectivity index (χ0n) is 14.1. The van der Waals surface area contributed by atoms with Crippen LogP contribution >= 0.6 is 11.7 Å². The molecule has 1 aliphatic heterocycles. The molecule has 0 aromatic carbocycles. The quantitative estimate of drug-likeness (QED) is 0.597. The maximum Gasteiger partial charge on any atom is 0.270 e. The van der Waals surface area contributed by atoms with Crippen LogP contribution in [-0.2, 0) is 9.53 Å². The number of hydrogen-bond donors (Lipinski definition) is 2. The van der Waals surface area contributed by atoms with Crippen molar-refractivity contribution in [2.24, 2.45) is 0 Å². The zero-order valence-corrected chi connectivity index (χ0v) is 14.9. The molecular formula is C15H26N4O4S. The van der Waals surface area contributed by atoms with Gasteiger partial charge in [0, 0.05) is 26.1 Å². The Kier molecular flexibility index (Phi) is 8.20. The van der Waals surface area contributed by atoms with E-state index in [9.17, 15) is 9.90 Å². The van der Waals surface area contributed by atoms with Crippen LogP contribution in [0.1, 0.15) is 32.6 Å². The van der Waals surface area contributed by atoms with E-state index in [0.717, 1.165) is 44.1 Å². The lowest BCUT2D eigenvalue weighted by atomic mass is 10.2. The molecule has 0 radical (unpaired) electrons. The maximum atomic E-state index is 11.6. The van der Waals surface area contributed by atoms with Gasteiger partial charge in [-0.15, -0.1) is 4.37 Å². The summed E-state index contributed by atoms with van der Waals surface area (Å²) in [6.45, 7) is 5.15. The minimum Gasteiger partial charge on any atom is -0.472 e. The second-order valence-corrected chi connectivity index (χ2v) is 6.25. The van der Waals surface area contributed by atoms with Gasteiger partial charge in [-0.2, -0.15) is 4.37 Å². The fraction of sp³-hybridized carbons (Fsp3) is 0.800. The minimum atomic E-state index is -0.778. The van der Waals surface area contributed by atoms with E-state index in [4.69, 9.17) is 9.47 Å². The normalized spacial score (nSPS) is 16.0. The topological polar surface area (TPSA) is 96.8 Å². The third-order valence-corrected chi connectivity index (χ3v) is 4.21. The van der Waals surface area contributed by atoms with E-state index in [-0.39, 0.29) is 19.1 Å². The largest absolute Gasteiger partial charge is 0.472 e. The monoisotopic (exact) mass is 358 g/mol. The molecule has 8 nitrogen and oxygen atoms in total. The van der Waals surface area contributed by atoms with Crippen LogP contribution in [0, 0.1) is 0 Å². The highest BCUT2D eigenvalue weighted by Gasteiger charge is 2.20. The number of aliphatic hydroxyl groups excluding tert-OH is 1. The van der Waals surface area contributed by atoms with E-state index in [1.165, 1.54) is 0 Å². The Labute approximate surface area is 146 Å². The Morgan fingerprint density at radius 1 is 1.42 bits per heavy atom. The van der Waals surface area contributed by atoms with Crippen molar-refractivity contribution in [1.29, 1.82) is 0 Å². The molecule has 0 unspecified atom stereocenters. The Morgan fingerprint density at radius 2 is 2.21 bits per heavy atom. The summed E-state index contributed by atoms with van der Waals surface area (Å²) in [7, 11) is 0. The summed E-state index contributed by atoms with van der Waals surface area (Å²) in [4.78, 5) is 13.7. The number of morpholine rings is 1. The molecule has 0 saturated carbocycles. The van der Waals surface area contributed by atoms with Crippen LogP contribution in [-0.4, -0.2) is 65.3 Å². The standard InChI is InChI=1S/C15H26N4O4S/c1-2-3-4-5-13(21)16-10-12(20)11-23-15-14(17-24-18-15)19-6-8-22-9-7-19/h12,20H,2-11H2,1H3,(H,16,21)/t12-/m0/s1. The first-order chi connectivity index (χ1) is 11.7. The predicted molar refractivity (Wildman–Crippen MR) is 91.6 cm³/mol.